The number of methoxy groups -OCH3 is 1. The number of esters is 2. The van der Waals surface area contributed by atoms with Gasteiger partial charge in [-0.15, -0.1) is 0 Å². The highest BCUT2D eigenvalue weighted by atomic mass is 79.9. The van der Waals surface area contributed by atoms with Gasteiger partial charge < -0.3 is 14.2 Å². The van der Waals surface area contributed by atoms with Crippen molar-refractivity contribution in [1.29, 1.82) is 0 Å². The van der Waals surface area contributed by atoms with Gasteiger partial charge in [0.1, 0.15) is 11.5 Å². The molecule has 11 heteroatoms. The molecule has 0 bridgehead atoms. The average molecular weight is 584 g/mol. The minimum Gasteiger partial charge on any atom is -0.496 e. The molecule has 0 amide bonds. The molecule has 0 aliphatic carbocycles. The van der Waals surface area contributed by atoms with Crippen LogP contribution in [0.3, 0.4) is 0 Å². The summed E-state index contributed by atoms with van der Waals surface area (Å²) in [6, 6.07) is 15.5. The van der Waals surface area contributed by atoms with Crippen molar-refractivity contribution in [1.82, 2.24) is 0 Å². The minimum absolute atomic E-state index is 0.0176. The Morgan fingerprint density at radius 1 is 1.14 bits per heavy atom. The molecule has 0 atom stereocenters. The largest absolute Gasteiger partial charge is 0.496 e. The summed E-state index contributed by atoms with van der Waals surface area (Å²) in [5.41, 5.74) is 1.10. The Hall–Kier alpha value is -4.28. The number of carbonyl (C=O) groups is 2. The number of nitrogens with zero attached hydrogens (tertiary/aromatic N) is 2. The Balaban J connectivity index is 1.60. The van der Waals surface area contributed by atoms with E-state index in [1.807, 2.05) is 0 Å². The van der Waals surface area contributed by atoms with Crippen LogP contribution in [-0.4, -0.2) is 29.9 Å². The first-order valence-corrected chi connectivity index (χ1v) is 11.7. The maximum absolute atomic E-state index is 12.5. The van der Waals surface area contributed by atoms with Crippen molar-refractivity contribution < 1.29 is 28.7 Å². The number of carbonyl (C=O) groups excluding carboxylic acids is 2. The number of rotatable bonds is 7. The fourth-order valence-electron chi connectivity index (χ4n) is 3.29. The third-order valence-corrected chi connectivity index (χ3v) is 5.71. The molecule has 9 nitrogen and oxygen atoms in total. The number of halogens is 2. The van der Waals surface area contributed by atoms with Gasteiger partial charge in [-0.3, -0.25) is 10.1 Å². The molecule has 3 aromatic rings. The number of aliphatic imine (C=N–C) groups is 1. The SMILES string of the molecule is COc1ccc(Cl)cc1C1=N/C(=C\c2cc(Br)ccc2OC(=O)/C=C/c2cccc([N+](=O)[O-])c2)C(=O)O1. The van der Waals surface area contributed by atoms with Crippen molar-refractivity contribution >= 4 is 63.2 Å². The highest BCUT2D eigenvalue weighted by Gasteiger charge is 2.27. The first-order valence-electron chi connectivity index (χ1n) is 10.5. The van der Waals surface area contributed by atoms with Crippen molar-refractivity contribution in [2.75, 3.05) is 7.11 Å². The summed E-state index contributed by atoms with van der Waals surface area (Å²) in [6.45, 7) is 0. The van der Waals surface area contributed by atoms with Crippen LogP contribution in [-0.2, 0) is 14.3 Å². The first kappa shape index (κ1) is 25.8. The molecule has 0 saturated heterocycles. The van der Waals surface area contributed by atoms with Crippen molar-refractivity contribution in [2.45, 2.75) is 0 Å². The Kier molecular flexibility index (Phi) is 7.80. The number of hydrogen-bond donors (Lipinski definition) is 0. The van der Waals surface area contributed by atoms with Crippen molar-refractivity contribution in [2.24, 2.45) is 4.99 Å². The second-order valence-corrected chi connectivity index (χ2v) is 8.82. The summed E-state index contributed by atoms with van der Waals surface area (Å²) in [5.74, 6) is -0.842. The lowest BCUT2D eigenvalue weighted by Gasteiger charge is -2.07. The van der Waals surface area contributed by atoms with Gasteiger partial charge in [0.15, 0.2) is 5.70 Å². The molecular formula is C26H16BrClN2O7. The van der Waals surface area contributed by atoms with Crippen LogP contribution < -0.4 is 9.47 Å². The third-order valence-electron chi connectivity index (χ3n) is 4.98. The van der Waals surface area contributed by atoms with Crippen LogP contribution in [0.2, 0.25) is 5.02 Å². The van der Waals surface area contributed by atoms with E-state index in [2.05, 4.69) is 20.9 Å². The highest BCUT2D eigenvalue weighted by Crippen LogP contribution is 2.30. The third kappa shape index (κ3) is 6.29. The van der Waals surface area contributed by atoms with Gasteiger partial charge in [0.2, 0.25) is 5.90 Å². The van der Waals surface area contributed by atoms with E-state index < -0.39 is 16.9 Å². The normalized spacial score (nSPS) is 14.0. The summed E-state index contributed by atoms with van der Waals surface area (Å²) in [4.78, 5) is 39.7. The van der Waals surface area contributed by atoms with E-state index in [9.17, 15) is 19.7 Å². The number of non-ortho nitro benzene ring substituents is 1. The molecule has 1 aliphatic heterocycles. The number of cyclic esters (lactones) is 1. The molecule has 0 unspecified atom stereocenters. The van der Waals surface area contributed by atoms with E-state index in [4.69, 9.17) is 25.8 Å². The Bertz CT molecular complexity index is 1510. The summed E-state index contributed by atoms with van der Waals surface area (Å²) < 4.78 is 16.7. The smallest absolute Gasteiger partial charge is 0.363 e. The van der Waals surface area contributed by atoms with Gasteiger partial charge in [-0.05, 0) is 54.1 Å². The number of hydrogen-bond acceptors (Lipinski definition) is 8. The van der Waals surface area contributed by atoms with Crippen LogP contribution in [0.25, 0.3) is 12.2 Å². The number of nitro groups is 1. The first-order chi connectivity index (χ1) is 17.7. The molecule has 1 heterocycles. The van der Waals surface area contributed by atoms with Crippen molar-refractivity contribution in [3.05, 3.63) is 109 Å². The number of nitro benzene ring substituents is 1. The van der Waals surface area contributed by atoms with Gasteiger partial charge in [-0.2, -0.15) is 0 Å². The van der Waals surface area contributed by atoms with E-state index in [0.717, 1.165) is 6.08 Å². The maximum atomic E-state index is 12.5. The minimum atomic E-state index is -0.727. The molecule has 0 fully saturated rings. The predicted octanol–water partition coefficient (Wildman–Crippen LogP) is 5.98. The van der Waals surface area contributed by atoms with Gasteiger partial charge in [0.25, 0.3) is 5.69 Å². The van der Waals surface area contributed by atoms with Crippen molar-refractivity contribution in [3.63, 3.8) is 0 Å². The number of benzene rings is 3. The molecule has 3 aromatic carbocycles. The lowest BCUT2D eigenvalue weighted by Crippen LogP contribution is -2.07. The summed E-state index contributed by atoms with van der Waals surface area (Å²) in [5, 5.41) is 11.3. The standard InChI is InChI=1S/C26H16BrClN2O7/c1-35-23-9-7-18(28)14-20(23)25-29-21(26(32)37-25)13-16-12-17(27)6-8-22(16)36-24(31)10-5-15-3-2-4-19(11-15)30(33)34/h2-14H,1H3/b10-5+,21-13-. The molecule has 37 heavy (non-hydrogen) atoms. The Morgan fingerprint density at radius 3 is 2.68 bits per heavy atom. The van der Waals surface area contributed by atoms with Gasteiger partial charge >= 0.3 is 11.9 Å². The zero-order valence-corrected chi connectivity index (χ0v) is 21.4. The van der Waals surface area contributed by atoms with Crippen LogP contribution >= 0.6 is 27.5 Å². The zero-order valence-electron chi connectivity index (χ0n) is 19.0. The van der Waals surface area contributed by atoms with Crippen LogP contribution in [0.4, 0.5) is 5.69 Å². The second kappa shape index (κ2) is 11.2. The van der Waals surface area contributed by atoms with Gasteiger partial charge in [-0.25, -0.2) is 14.6 Å². The Morgan fingerprint density at radius 2 is 1.92 bits per heavy atom. The number of ether oxygens (including phenoxy) is 3. The van der Waals surface area contributed by atoms with E-state index in [1.165, 1.54) is 37.5 Å². The van der Waals surface area contributed by atoms with Gasteiger partial charge in [0, 0.05) is 33.3 Å². The molecule has 0 aromatic heterocycles. The van der Waals surface area contributed by atoms with Crippen LogP contribution in [0, 0.1) is 10.1 Å². The topological polar surface area (TPSA) is 117 Å². The fraction of sp³-hybridized carbons (Fsp3) is 0.0385. The average Bonchev–Trinajstić information content (AvgIpc) is 3.24. The molecule has 4 rings (SSSR count). The quantitative estimate of drug-likeness (QED) is 0.110. The van der Waals surface area contributed by atoms with Crippen LogP contribution in [0.5, 0.6) is 11.5 Å². The second-order valence-electron chi connectivity index (χ2n) is 7.47. The fourth-order valence-corrected chi connectivity index (χ4v) is 3.84. The lowest BCUT2D eigenvalue weighted by molar-refractivity contribution is -0.384. The van der Waals surface area contributed by atoms with Crippen molar-refractivity contribution in [3.8, 4) is 11.5 Å². The lowest BCUT2D eigenvalue weighted by atomic mass is 10.1. The molecule has 0 radical (unpaired) electrons. The summed E-state index contributed by atoms with van der Waals surface area (Å²) in [7, 11) is 1.47. The molecular weight excluding hydrogens is 568 g/mol. The predicted molar refractivity (Wildman–Crippen MR) is 141 cm³/mol. The molecule has 1 aliphatic rings. The molecule has 0 spiro atoms. The zero-order chi connectivity index (χ0) is 26.5. The highest BCUT2D eigenvalue weighted by molar-refractivity contribution is 9.10. The van der Waals surface area contributed by atoms with Crippen LogP contribution in [0.15, 0.2) is 81.9 Å². The van der Waals surface area contributed by atoms with E-state index >= 15 is 0 Å². The van der Waals surface area contributed by atoms with E-state index in [1.54, 1.807) is 42.5 Å². The molecule has 0 N–H and O–H groups in total. The summed E-state index contributed by atoms with van der Waals surface area (Å²) in [6.07, 6.45) is 3.96. The van der Waals surface area contributed by atoms with E-state index in [0.29, 0.717) is 31.9 Å². The monoisotopic (exact) mass is 582 g/mol. The van der Waals surface area contributed by atoms with Gasteiger partial charge in [0.05, 0.1) is 17.6 Å². The van der Waals surface area contributed by atoms with Gasteiger partial charge in [-0.1, -0.05) is 39.7 Å². The Labute approximate surface area is 223 Å². The summed E-state index contributed by atoms with van der Waals surface area (Å²) >= 11 is 9.43. The molecule has 186 valence electrons. The maximum Gasteiger partial charge on any atom is 0.363 e. The van der Waals surface area contributed by atoms with Crippen LogP contribution in [0.1, 0.15) is 16.7 Å². The molecule has 0 saturated carbocycles. The van der Waals surface area contributed by atoms with E-state index in [-0.39, 0.29) is 23.0 Å².